The number of nitrogens with one attached hydrogen (secondary N) is 1. The summed E-state index contributed by atoms with van der Waals surface area (Å²) in [5.41, 5.74) is 0. The summed E-state index contributed by atoms with van der Waals surface area (Å²) in [5.74, 6) is -1.03. The molecule has 2 fully saturated rings. The van der Waals surface area contributed by atoms with Crippen molar-refractivity contribution >= 4 is 5.91 Å². The van der Waals surface area contributed by atoms with Crippen molar-refractivity contribution in [3.63, 3.8) is 0 Å². The van der Waals surface area contributed by atoms with E-state index in [4.69, 9.17) is 0 Å². The summed E-state index contributed by atoms with van der Waals surface area (Å²) < 4.78 is 38.3. The lowest BCUT2D eigenvalue weighted by Crippen LogP contribution is -2.45. The van der Waals surface area contributed by atoms with E-state index in [0.29, 0.717) is 19.4 Å². The average molecular weight is 292 g/mol. The van der Waals surface area contributed by atoms with Crippen molar-refractivity contribution in [2.45, 2.75) is 63.7 Å². The number of rotatable bonds is 3. The number of halogens is 3. The molecule has 0 aromatic carbocycles. The molecule has 20 heavy (non-hydrogen) atoms. The highest BCUT2D eigenvalue weighted by molar-refractivity contribution is 5.76. The van der Waals surface area contributed by atoms with E-state index >= 15 is 0 Å². The van der Waals surface area contributed by atoms with Crippen molar-refractivity contribution in [2.24, 2.45) is 5.92 Å². The standard InChI is InChI=1S/C14H23F3N2O/c1-2-13(20)19-7-6-12(9-19)18-11-5-3-4-10(8-11)14(15,16)17/h10-12,18H,2-9H2,1H3/t10-,11-,12-/m0/s1. The molecule has 0 unspecified atom stereocenters. The maximum Gasteiger partial charge on any atom is 0.391 e. The highest BCUT2D eigenvalue weighted by Crippen LogP contribution is 2.37. The Hall–Kier alpha value is -0.780. The first-order chi connectivity index (χ1) is 9.40. The molecule has 0 radical (unpaired) electrons. The molecule has 116 valence electrons. The Balaban J connectivity index is 1.81. The molecule has 0 spiro atoms. The van der Waals surface area contributed by atoms with Gasteiger partial charge < -0.3 is 10.2 Å². The van der Waals surface area contributed by atoms with Gasteiger partial charge in [-0.25, -0.2) is 0 Å². The van der Waals surface area contributed by atoms with Gasteiger partial charge in [-0.2, -0.15) is 13.2 Å². The lowest BCUT2D eigenvalue weighted by molar-refractivity contribution is -0.183. The van der Waals surface area contributed by atoms with Gasteiger partial charge in [0.05, 0.1) is 5.92 Å². The van der Waals surface area contributed by atoms with Crippen LogP contribution in [0.1, 0.15) is 45.4 Å². The highest BCUT2D eigenvalue weighted by atomic mass is 19.4. The lowest BCUT2D eigenvalue weighted by Gasteiger charge is -2.32. The van der Waals surface area contributed by atoms with Crippen molar-refractivity contribution in [3.05, 3.63) is 0 Å². The molecular formula is C14H23F3N2O. The summed E-state index contributed by atoms with van der Waals surface area (Å²) in [4.78, 5) is 13.4. The normalized spacial score (nSPS) is 31.6. The fraction of sp³-hybridized carbons (Fsp3) is 0.929. The second-order valence-electron chi connectivity index (χ2n) is 5.95. The molecule has 1 saturated carbocycles. The van der Waals surface area contributed by atoms with Crippen molar-refractivity contribution in [3.8, 4) is 0 Å². The van der Waals surface area contributed by atoms with E-state index in [1.54, 1.807) is 0 Å². The molecule has 0 bridgehead atoms. The molecule has 1 aliphatic heterocycles. The van der Waals surface area contributed by atoms with Gasteiger partial charge in [0.25, 0.3) is 0 Å². The van der Waals surface area contributed by atoms with E-state index < -0.39 is 12.1 Å². The molecule has 0 aromatic heterocycles. The van der Waals surface area contributed by atoms with E-state index in [1.165, 1.54) is 0 Å². The minimum Gasteiger partial charge on any atom is -0.341 e. The molecule has 3 nitrogen and oxygen atoms in total. The van der Waals surface area contributed by atoms with Gasteiger partial charge in [0, 0.05) is 31.6 Å². The number of hydrogen-bond acceptors (Lipinski definition) is 2. The number of hydrogen-bond donors (Lipinski definition) is 1. The van der Waals surface area contributed by atoms with Gasteiger partial charge in [-0.3, -0.25) is 4.79 Å². The number of alkyl halides is 3. The maximum absolute atomic E-state index is 12.8. The molecular weight excluding hydrogens is 269 g/mol. The van der Waals surface area contributed by atoms with Gasteiger partial charge in [0.1, 0.15) is 0 Å². The zero-order valence-corrected chi connectivity index (χ0v) is 11.9. The van der Waals surface area contributed by atoms with Gasteiger partial charge in [-0.1, -0.05) is 13.3 Å². The van der Waals surface area contributed by atoms with Crippen LogP contribution in [0, 0.1) is 5.92 Å². The van der Waals surface area contributed by atoms with Crippen LogP contribution in [0.25, 0.3) is 0 Å². The Bertz CT molecular complexity index is 346. The van der Waals surface area contributed by atoms with E-state index in [0.717, 1.165) is 19.4 Å². The summed E-state index contributed by atoms with van der Waals surface area (Å²) >= 11 is 0. The fourth-order valence-corrected chi connectivity index (χ4v) is 3.32. The van der Waals surface area contributed by atoms with Crippen LogP contribution in [0.3, 0.4) is 0 Å². The third-order valence-electron chi connectivity index (χ3n) is 4.45. The van der Waals surface area contributed by atoms with Gasteiger partial charge in [0.2, 0.25) is 5.91 Å². The van der Waals surface area contributed by atoms with Crippen molar-refractivity contribution in [2.75, 3.05) is 13.1 Å². The summed E-state index contributed by atoms with van der Waals surface area (Å²) in [7, 11) is 0. The molecule has 2 rings (SSSR count). The van der Waals surface area contributed by atoms with Crippen LogP contribution in [-0.2, 0) is 4.79 Å². The van der Waals surface area contributed by atoms with Crippen molar-refractivity contribution < 1.29 is 18.0 Å². The van der Waals surface area contributed by atoms with Crippen LogP contribution in [-0.4, -0.2) is 42.2 Å². The monoisotopic (exact) mass is 292 g/mol. The molecule has 2 aliphatic rings. The van der Waals surface area contributed by atoms with Crippen LogP contribution in [0.15, 0.2) is 0 Å². The van der Waals surface area contributed by atoms with E-state index in [9.17, 15) is 18.0 Å². The molecule has 1 heterocycles. The quantitative estimate of drug-likeness (QED) is 0.867. The SMILES string of the molecule is CCC(=O)N1CC[C@H](N[C@H]2CCC[C@H](C(F)(F)F)C2)C1. The number of carbonyl (C=O) groups excluding carboxylic acids is 1. The summed E-state index contributed by atoms with van der Waals surface area (Å²) in [6, 6.07) is 0.0968. The van der Waals surface area contributed by atoms with Crippen LogP contribution >= 0.6 is 0 Å². The third-order valence-corrected chi connectivity index (χ3v) is 4.45. The minimum absolute atomic E-state index is 0.0583. The number of amides is 1. The van der Waals surface area contributed by atoms with E-state index in [2.05, 4.69) is 5.32 Å². The zero-order valence-electron chi connectivity index (χ0n) is 11.9. The second kappa shape index (κ2) is 6.33. The van der Waals surface area contributed by atoms with Gasteiger partial charge >= 0.3 is 6.18 Å². The van der Waals surface area contributed by atoms with Crippen molar-refractivity contribution in [1.82, 2.24) is 10.2 Å². The first-order valence-corrected chi connectivity index (χ1v) is 7.50. The maximum atomic E-state index is 12.8. The first kappa shape index (κ1) is 15.6. The molecule has 1 N–H and O–H groups in total. The molecule has 1 amide bonds. The average Bonchev–Trinajstić information content (AvgIpc) is 2.85. The Morgan fingerprint density at radius 2 is 2.00 bits per heavy atom. The zero-order chi connectivity index (χ0) is 14.8. The Kier molecular flexibility index (Phi) is 4.94. The van der Waals surface area contributed by atoms with Gasteiger partial charge in [-0.05, 0) is 25.7 Å². The topological polar surface area (TPSA) is 32.3 Å². The first-order valence-electron chi connectivity index (χ1n) is 7.50. The number of carbonyl (C=O) groups is 1. The predicted octanol–water partition coefficient (Wildman–Crippen LogP) is 2.71. The smallest absolute Gasteiger partial charge is 0.341 e. The van der Waals surface area contributed by atoms with E-state index in [-0.39, 0.29) is 30.8 Å². The Labute approximate surface area is 117 Å². The second-order valence-corrected chi connectivity index (χ2v) is 5.95. The molecule has 1 saturated heterocycles. The van der Waals surface area contributed by atoms with Crippen LogP contribution < -0.4 is 5.32 Å². The fourth-order valence-electron chi connectivity index (χ4n) is 3.32. The molecule has 3 atom stereocenters. The Morgan fingerprint density at radius 3 is 2.65 bits per heavy atom. The van der Waals surface area contributed by atoms with Crippen molar-refractivity contribution in [1.29, 1.82) is 0 Å². The molecule has 1 aliphatic carbocycles. The summed E-state index contributed by atoms with van der Waals surface area (Å²) in [6.07, 6.45) is -0.850. The van der Waals surface area contributed by atoms with E-state index in [1.807, 2.05) is 11.8 Å². The largest absolute Gasteiger partial charge is 0.391 e. The summed E-state index contributed by atoms with van der Waals surface area (Å²) in [6.45, 7) is 3.19. The molecule has 0 aromatic rings. The number of likely N-dealkylation sites (tertiary alicyclic amines) is 1. The lowest BCUT2D eigenvalue weighted by atomic mass is 9.85. The van der Waals surface area contributed by atoms with Crippen LogP contribution in [0.5, 0.6) is 0 Å². The van der Waals surface area contributed by atoms with Gasteiger partial charge in [-0.15, -0.1) is 0 Å². The van der Waals surface area contributed by atoms with Crippen LogP contribution in [0.4, 0.5) is 13.2 Å². The van der Waals surface area contributed by atoms with Crippen LogP contribution in [0.2, 0.25) is 0 Å². The summed E-state index contributed by atoms with van der Waals surface area (Å²) in [5, 5.41) is 3.33. The number of nitrogens with zero attached hydrogens (tertiary/aromatic N) is 1. The predicted molar refractivity (Wildman–Crippen MR) is 70.2 cm³/mol. The highest BCUT2D eigenvalue weighted by Gasteiger charge is 2.42. The minimum atomic E-state index is -4.07. The Morgan fingerprint density at radius 1 is 1.25 bits per heavy atom. The third kappa shape index (κ3) is 3.87. The molecule has 6 heteroatoms. The van der Waals surface area contributed by atoms with Gasteiger partial charge in [0.15, 0.2) is 0 Å².